The first-order chi connectivity index (χ1) is 14.6. The number of carbonyl (C=O) groups excluding carboxylic acids is 1. The first-order valence-corrected chi connectivity index (χ1v) is 10.4. The molecule has 0 radical (unpaired) electrons. The highest BCUT2D eigenvalue weighted by molar-refractivity contribution is 5.99. The monoisotopic (exact) mass is 408 g/mol. The molecule has 4 rings (SSSR count). The van der Waals surface area contributed by atoms with E-state index in [1.807, 2.05) is 36.4 Å². The summed E-state index contributed by atoms with van der Waals surface area (Å²) in [6, 6.07) is 15.9. The Morgan fingerprint density at radius 1 is 1.13 bits per heavy atom. The Kier molecular flexibility index (Phi) is 6.47. The number of methoxy groups -OCH3 is 1. The highest BCUT2D eigenvalue weighted by Gasteiger charge is 2.20. The van der Waals surface area contributed by atoms with Crippen LogP contribution in [0.1, 0.15) is 40.1 Å². The Bertz CT molecular complexity index is 988. The van der Waals surface area contributed by atoms with Crippen molar-refractivity contribution in [1.82, 2.24) is 10.2 Å². The van der Waals surface area contributed by atoms with Crippen molar-refractivity contribution < 1.29 is 19.1 Å². The maximum absolute atomic E-state index is 12.8. The number of aliphatic hydroxyl groups is 1. The summed E-state index contributed by atoms with van der Waals surface area (Å²) < 4.78 is 11.1. The van der Waals surface area contributed by atoms with Crippen LogP contribution < -0.4 is 5.32 Å². The van der Waals surface area contributed by atoms with Gasteiger partial charge in [-0.25, -0.2) is 0 Å². The van der Waals surface area contributed by atoms with Crippen molar-refractivity contribution in [3.8, 4) is 0 Å². The van der Waals surface area contributed by atoms with E-state index in [4.69, 9.17) is 9.15 Å². The van der Waals surface area contributed by atoms with Gasteiger partial charge in [-0.05, 0) is 30.0 Å². The number of nitrogens with one attached hydrogen (secondary N) is 1. The van der Waals surface area contributed by atoms with Gasteiger partial charge in [-0.3, -0.25) is 9.69 Å². The normalized spacial score (nSPS) is 15.5. The van der Waals surface area contributed by atoms with Gasteiger partial charge in [0.25, 0.3) is 5.91 Å². The van der Waals surface area contributed by atoms with E-state index < -0.39 is 0 Å². The summed E-state index contributed by atoms with van der Waals surface area (Å²) in [5.41, 5.74) is 3.73. The van der Waals surface area contributed by atoms with Crippen LogP contribution in [-0.2, 0) is 24.4 Å². The van der Waals surface area contributed by atoms with E-state index in [9.17, 15) is 9.90 Å². The molecule has 0 bridgehead atoms. The fourth-order valence-corrected chi connectivity index (χ4v) is 3.93. The molecule has 0 spiro atoms. The lowest BCUT2D eigenvalue weighted by Crippen LogP contribution is -2.35. The zero-order valence-electron chi connectivity index (χ0n) is 17.3. The average Bonchev–Trinajstić information content (AvgIpc) is 3.14. The fraction of sp³-hybridized carbons (Fsp3) is 0.375. The number of para-hydroxylation sites is 1. The maximum Gasteiger partial charge on any atom is 0.287 e. The third kappa shape index (κ3) is 4.73. The summed E-state index contributed by atoms with van der Waals surface area (Å²) in [6.45, 7) is 3.50. The lowest BCUT2D eigenvalue weighted by molar-refractivity contribution is 0.0792. The van der Waals surface area contributed by atoms with Crippen molar-refractivity contribution in [2.45, 2.75) is 38.6 Å². The molecule has 1 amide bonds. The number of nitrogens with zero attached hydrogens (tertiary/aromatic N) is 1. The SMILES string of the molecule is COCc1c(C(=O)NCc2ccc(CN3CCC(O)CC3)cc2)oc2ccccc12. The van der Waals surface area contributed by atoms with Gasteiger partial charge in [-0.2, -0.15) is 0 Å². The number of carbonyl (C=O) groups is 1. The molecule has 2 heterocycles. The van der Waals surface area contributed by atoms with Crippen molar-refractivity contribution in [2.24, 2.45) is 0 Å². The Labute approximate surface area is 176 Å². The number of benzene rings is 2. The van der Waals surface area contributed by atoms with E-state index in [2.05, 4.69) is 22.3 Å². The summed E-state index contributed by atoms with van der Waals surface area (Å²) >= 11 is 0. The quantitative estimate of drug-likeness (QED) is 0.626. The van der Waals surface area contributed by atoms with E-state index in [0.717, 1.165) is 49.0 Å². The number of aliphatic hydroxyl groups excluding tert-OH is 1. The van der Waals surface area contributed by atoms with E-state index in [-0.39, 0.29) is 12.0 Å². The van der Waals surface area contributed by atoms with Gasteiger partial charge in [0.15, 0.2) is 5.76 Å². The largest absolute Gasteiger partial charge is 0.451 e. The summed E-state index contributed by atoms with van der Waals surface area (Å²) in [5, 5.41) is 13.5. The van der Waals surface area contributed by atoms with Gasteiger partial charge in [0.2, 0.25) is 0 Å². The summed E-state index contributed by atoms with van der Waals surface area (Å²) in [7, 11) is 1.61. The van der Waals surface area contributed by atoms with Crippen molar-refractivity contribution in [1.29, 1.82) is 0 Å². The Morgan fingerprint density at radius 2 is 1.83 bits per heavy atom. The van der Waals surface area contributed by atoms with Crippen molar-refractivity contribution in [3.05, 3.63) is 71.0 Å². The molecular formula is C24H28N2O4. The highest BCUT2D eigenvalue weighted by Crippen LogP contribution is 2.26. The van der Waals surface area contributed by atoms with Crippen molar-refractivity contribution >= 4 is 16.9 Å². The molecule has 2 aromatic carbocycles. The van der Waals surface area contributed by atoms with Gasteiger partial charge < -0.3 is 19.6 Å². The molecule has 6 heteroatoms. The van der Waals surface area contributed by atoms with Crippen molar-refractivity contribution in [3.63, 3.8) is 0 Å². The summed E-state index contributed by atoms with van der Waals surface area (Å²) in [5.74, 6) is 0.0659. The minimum absolute atomic E-state index is 0.150. The molecule has 1 fully saturated rings. The van der Waals surface area contributed by atoms with Crippen LogP contribution in [0.3, 0.4) is 0 Å². The number of amides is 1. The predicted molar refractivity (Wildman–Crippen MR) is 115 cm³/mol. The molecular weight excluding hydrogens is 380 g/mol. The Hall–Kier alpha value is -2.67. The molecule has 30 heavy (non-hydrogen) atoms. The van der Waals surface area contributed by atoms with Gasteiger partial charge >= 0.3 is 0 Å². The number of hydrogen-bond acceptors (Lipinski definition) is 5. The number of piperidine rings is 1. The molecule has 1 aliphatic heterocycles. The average molecular weight is 408 g/mol. The van der Waals surface area contributed by atoms with Crippen LogP contribution in [0.15, 0.2) is 52.9 Å². The molecule has 158 valence electrons. The third-order valence-corrected chi connectivity index (χ3v) is 5.63. The van der Waals surface area contributed by atoms with Crippen LogP contribution in [0, 0.1) is 0 Å². The highest BCUT2D eigenvalue weighted by atomic mass is 16.5. The van der Waals surface area contributed by atoms with E-state index in [1.54, 1.807) is 7.11 Å². The third-order valence-electron chi connectivity index (χ3n) is 5.63. The smallest absolute Gasteiger partial charge is 0.287 e. The topological polar surface area (TPSA) is 74.9 Å². The van der Waals surface area contributed by atoms with E-state index in [1.165, 1.54) is 5.56 Å². The number of hydrogen-bond donors (Lipinski definition) is 2. The molecule has 3 aromatic rings. The van der Waals surface area contributed by atoms with Crippen LogP contribution in [0.5, 0.6) is 0 Å². The molecule has 6 nitrogen and oxygen atoms in total. The number of furan rings is 1. The molecule has 0 saturated carbocycles. The van der Waals surface area contributed by atoms with Gasteiger partial charge in [-0.1, -0.05) is 42.5 Å². The molecule has 1 saturated heterocycles. The number of rotatable bonds is 7. The van der Waals surface area contributed by atoms with Crippen LogP contribution >= 0.6 is 0 Å². The van der Waals surface area contributed by atoms with Crippen LogP contribution in [0.2, 0.25) is 0 Å². The second-order valence-electron chi connectivity index (χ2n) is 7.85. The Morgan fingerprint density at radius 3 is 2.57 bits per heavy atom. The lowest BCUT2D eigenvalue weighted by Gasteiger charge is -2.29. The second kappa shape index (κ2) is 9.43. The fourth-order valence-electron chi connectivity index (χ4n) is 3.93. The zero-order chi connectivity index (χ0) is 20.9. The van der Waals surface area contributed by atoms with Gasteiger partial charge in [0, 0.05) is 44.2 Å². The molecule has 2 N–H and O–H groups in total. The maximum atomic E-state index is 12.8. The van der Waals surface area contributed by atoms with Crippen molar-refractivity contribution in [2.75, 3.05) is 20.2 Å². The van der Waals surface area contributed by atoms with E-state index >= 15 is 0 Å². The molecule has 0 unspecified atom stereocenters. The predicted octanol–water partition coefficient (Wildman–Crippen LogP) is 3.47. The van der Waals surface area contributed by atoms with Gasteiger partial charge in [0.05, 0.1) is 12.7 Å². The first kappa shape index (κ1) is 20.6. The van der Waals surface area contributed by atoms with Crippen LogP contribution in [0.4, 0.5) is 0 Å². The minimum Gasteiger partial charge on any atom is -0.451 e. The van der Waals surface area contributed by atoms with E-state index in [0.29, 0.717) is 24.5 Å². The Balaban J connectivity index is 1.37. The molecule has 0 aliphatic carbocycles. The van der Waals surface area contributed by atoms with Crippen LogP contribution in [-0.4, -0.2) is 42.2 Å². The van der Waals surface area contributed by atoms with Gasteiger partial charge in [-0.15, -0.1) is 0 Å². The second-order valence-corrected chi connectivity index (χ2v) is 7.85. The van der Waals surface area contributed by atoms with Gasteiger partial charge in [0.1, 0.15) is 5.58 Å². The standard InChI is InChI=1S/C24H28N2O4/c1-29-16-21-20-4-2-3-5-22(20)30-23(21)24(28)25-14-17-6-8-18(9-7-17)15-26-12-10-19(27)11-13-26/h2-9,19,27H,10-16H2,1H3,(H,25,28). The molecule has 0 atom stereocenters. The number of fused-ring (bicyclic) bond motifs is 1. The summed E-state index contributed by atoms with van der Waals surface area (Å²) in [6.07, 6.45) is 1.54. The first-order valence-electron chi connectivity index (χ1n) is 10.4. The molecule has 1 aromatic heterocycles. The number of likely N-dealkylation sites (tertiary alicyclic amines) is 1. The molecule has 1 aliphatic rings. The number of ether oxygens (including phenoxy) is 1. The summed E-state index contributed by atoms with van der Waals surface area (Å²) in [4.78, 5) is 15.1. The zero-order valence-corrected chi connectivity index (χ0v) is 17.3. The minimum atomic E-state index is -0.241. The van der Waals surface area contributed by atoms with Crippen LogP contribution in [0.25, 0.3) is 11.0 Å². The lowest BCUT2D eigenvalue weighted by atomic mass is 10.1.